The van der Waals surface area contributed by atoms with Crippen molar-refractivity contribution < 1.29 is 9.53 Å². The second-order valence-corrected chi connectivity index (χ2v) is 6.78. The van der Waals surface area contributed by atoms with Crippen molar-refractivity contribution in [3.8, 4) is 17.0 Å². The third-order valence-corrected chi connectivity index (χ3v) is 4.74. The smallest absolute Gasteiger partial charge is 0.252 e. The van der Waals surface area contributed by atoms with Crippen LogP contribution in [0.25, 0.3) is 11.3 Å². The molecule has 138 valence electrons. The molecular formula is C20H19N3O3S. The summed E-state index contributed by atoms with van der Waals surface area (Å²) in [6.45, 7) is 1.93. The molecule has 0 radical (unpaired) electrons. The van der Waals surface area contributed by atoms with E-state index in [1.165, 1.54) is 17.8 Å². The predicted molar refractivity (Wildman–Crippen MR) is 107 cm³/mol. The lowest BCUT2D eigenvalue weighted by atomic mass is 10.1. The quantitative estimate of drug-likeness (QED) is 0.504. The van der Waals surface area contributed by atoms with Crippen molar-refractivity contribution in [1.29, 1.82) is 0 Å². The molecule has 0 unspecified atom stereocenters. The summed E-state index contributed by atoms with van der Waals surface area (Å²) in [4.78, 5) is 31.2. The first-order valence-corrected chi connectivity index (χ1v) is 9.28. The number of aromatic amines is 1. The van der Waals surface area contributed by atoms with Gasteiger partial charge in [-0.25, -0.2) is 4.98 Å². The van der Waals surface area contributed by atoms with E-state index < -0.39 is 0 Å². The van der Waals surface area contributed by atoms with Crippen LogP contribution in [0.15, 0.2) is 64.5 Å². The zero-order valence-corrected chi connectivity index (χ0v) is 15.8. The largest absolute Gasteiger partial charge is 0.497 e. The molecule has 0 aliphatic rings. The van der Waals surface area contributed by atoms with Gasteiger partial charge in [-0.3, -0.25) is 9.59 Å². The van der Waals surface area contributed by atoms with Gasteiger partial charge in [-0.15, -0.1) is 0 Å². The van der Waals surface area contributed by atoms with E-state index in [1.54, 1.807) is 19.2 Å². The number of hydrogen-bond acceptors (Lipinski definition) is 5. The highest BCUT2D eigenvalue weighted by Gasteiger charge is 2.09. The lowest BCUT2D eigenvalue weighted by Crippen LogP contribution is -2.16. The number of hydrogen-bond donors (Lipinski definition) is 2. The van der Waals surface area contributed by atoms with E-state index in [0.717, 1.165) is 22.6 Å². The number of anilines is 1. The molecule has 1 amide bonds. The van der Waals surface area contributed by atoms with Crippen LogP contribution in [-0.2, 0) is 4.79 Å². The minimum Gasteiger partial charge on any atom is -0.497 e. The lowest BCUT2D eigenvalue weighted by molar-refractivity contribution is -0.113. The van der Waals surface area contributed by atoms with Crippen molar-refractivity contribution in [3.63, 3.8) is 0 Å². The van der Waals surface area contributed by atoms with Crippen LogP contribution >= 0.6 is 11.8 Å². The Balaban J connectivity index is 1.70. The zero-order valence-electron chi connectivity index (χ0n) is 15.0. The topological polar surface area (TPSA) is 84.1 Å². The van der Waals surface area contributed by atoms with Gasteiger partial charge in [-0.05, 0) is 42.8 Å². The zero-order chi connectivity index (χ0) is 19.2. The maximum atomic E-state index is 12.2. The number of thioether (sulfide) groups is 1. The summed E-state index contributed by atoms with van der Waals surface area (Å²) in [5.41, 5.74) is 2.84. The highest BCUT2D eigenvalue weighted by atomic mass is 32.2. The Morgan fingerprint density at radius 1 is 1.19 bits per heavy atom. The average Bonchev–Trinajstić information content (AvgIpc) is 2.68. The number of carbonyl (C=O) groups is 1. The minimum absolute atomic E-state index is 0.142. The van der Waals surface area contributed by atoms with Crippen molar-refractivity contribution >= 4 is 23.4 Å². The molecule has 0 fully saturated rings. The number of rotatable bonds is 6. The third kappa shape index (κ3) is 4.98. The average molecular weight is 381 g/mol. The second kappa shape index (κ2) is 8.55. The number of amides is 1. The Morgan fingerprint density at radius 3 is 2.63 bits per heavy atom. The molecule has 0 saturated heterocycles. The minimum atomic E-state index is -0.266. The number of H-pyrrole nitrogens is 1. The van der Waals surface area contributed by atoms with E-state index in [4.69, 9.17) is 4.74 Å². The number of aromatic nitrogens is 2. The van der Waals surface area contributed by atoms with Gasteiger partial charge in [0.05, 0.1) is 18.6 Å². The molecular weight excluding hydrogens is 362 g/mol. The fourth-order valence-electron chi connectivity index (χ4n) is 2.45. The Labute approximate surface area is 161 Å². The molecule has 3 aromatic rings. The van der Waals surface area contributed by atoms with Gasteiger partial charge in [0, 0.05) is 17.3 Å². The summed E-state index contributed by atoms with van der Waals surface area (Å²) in [6.07, 6.45) is 0. The van der Waals surface area contributed by atoms with Crippen LogP contribution in [0, 0.1) is 6.92 Å². The van der Waals surface area contributed by atoms with E-state index in [2.05, 4.69) is 15.3 Å². The Bertz CT molecular complexity index is 1000. The van der Waals surface area contributed by atoms with Crippen LogP contribution in [0.2, 0.25) is 0 Å². The number of methoxy groups -OCH3 is 1. The normalized spacial score (nSPS) is 10.4. The number of carbonyl (C=O) groups excluding carboxylic acids is 1. The Kier molecular flexibility index (Phi) is 5.93. The van der Waals surface area contributed by atoms with Gasteiger partial charge in [0.25, 0.3) is 5.56 Å². The maximum Gasteiger partial charge on any atom is 0.252 e. The second-order valence-electron chi connectivity index (χ2n) is 5.82. The first kappa shape index (κ1) is 18.7. The van der Waals surface area contributed by atoms with Gasteiger partial charge in [-0.1, -0.05) is 30.0 Å². The summed E-state index contributed by atoms with van der Waals surface area (Å²) >= 11 is 1.18. The summed E-state index contributed by atoms with van der Waals surface area (Å²) in [7, 11) is 1.59. The molecule has 7 heteroatoms. The molecule has 0 atom stereocenters. The van der Waals surface area contributed by atoms with Gasteiger partial charge in [0.1, 0.15) is 5.75 Å². The molecule has 0 aliphatic heterocycles. The fraction of sp³-hybridized carbons (Fsp3) is 0.150. The standard InChI is InChI=1S/C20H19N3O3S/c1-13-5-3-4-6-16(13)21-19(25)12-27-20-22-17(11-18(24)23-20)14-7-9-15(26-2)10-8-14/h3-11H,12H2,1-2H3,(H,21,25)(H,22,23,24). The maximum absolute atomic E-state index is 12.2. The lowest BCUT2D eigenvalue weighted by Gasteiger charge is -2.08. The summed E-state index contributed by atoms with van der Waals surface area (Å²) in [6, 6.07) is 16.3. The first-order valence-electron chi connectivity index (χ1n) is 8.29. The van der Waals surface area contributed by atoms with E-state index in [1.807, 2.05) is 43.3 Å². The van der Waals surface area contributed by atoms with Crippen LogP contribution in [0.5, 0.6) is 5.75 Å². The van der Waals surface area contributed by atoms with Crippen LogP contribution in [0.1, 0.15) is 5.56 Å². The molecule has 6 nitrogen and oxygen atoms in total. The number of para-hydroxylation sites is 1. The molecule has 1 aromatic heterocycles. The number of nitrogens with one attached hydrogen (secondary N) is 2. The monoisotopic (exact) mass is 381 g/mol. The molecule has 3 rings (SSSR count). The Morgan fingerprint density at radius 2 is 1.93 bits per heavy atom. The molecule has 0 spiro atoms. The van der Waals surface area contributed by atoms with Crippen molar-refractivity contribution in [2.75, 3.05) is 18.2 Å². The van der Waals surface area contributed by atoms with Gasteiger partial charge >= 0.3 is 0 Å². The van der Waals surface area contributed by atoms with E-state index in [0.29, 0.717) is 10.9 Å². The van der Waals surface area contributed by atoms with Crippen LogP contribution in [0.4, 0.5) is 5.69 Å². The van der Waals surface area contributed by atoms with Gasteiger partial charge in [-0.2, -0.15) is 0 Å². The van der Waals surface area contributed by atoms with Crippen LogP contribution in [-0.4, -0.2) is 28.7 Å². The Hall–Kier alpha value is -3.06. The van der Waals surface area contributed by atoms with Crippen molar-refractivity contribution in [1.82, 2.24) is 9.97 Å². The van der Waals surface area contributed by atoms with Gasteiger partial charge < -0.3 is 15.0 Å². The first-order chi connectivity index (χ1) is 13.0. The van der Waals surface area contributed by atoms with Crippen molar-refractivity contribution in [3.05, 3.63) is 70.5 Å². The third-order valence-electron chi connectivity index (χ3n) is 3.86. The number of benzene rings is 2. The van der Waals surface area contributed by atoms with E-state index in [-0.39, 0.29) is 17.2 Å². The van der Waals surface area contributed by atoms with Gasteiger partial charge in [0.15, 0.2) is 5.16 Å². The summed E-state index contributed by atoms with van der Waals surface area (Å²) in [5.74, 6) is 0.710. The summed E-state index contributed by atoms with van der Waals surface area (Å²) in [5, 5.41) is 3.26. The molecule has 0 bridgehead atoms. The van der Waals surface area contributed by atoms with Gasteiger partial charge in [0.2, 0.25) is 5.91 Å². The molecule has 0 saturated carbocycles. The molecule has 27 heavy (non-hydrogen) atoms. The molecule has 2 aromatic carbocycles. The van der Waals surface area contributed by atoms with Crippen LogP contribution in [0.3, 0.4) is 0 Å². The molecule has 0 aliphatic carbocycles. The highest BCUT2D eigenvalue weighted by Crippen LogP contribution is 2.22. The van der Waals surface area contributed by atoms with Crippen molar-refractivity contribution in [2.45, 2.75) is 12.1 Å². The SMILES string of the molecule is COc1ccc(-c2cc(=O)[nH]c(SCC(=O)Nc3ccccc3C)n2)cc1. The number of nitrogens with zero attached hydrogens (tertiary/aromatic N) is 1. The number of ether oxygens (including phenoxy) is 1. The summed E-state index contributed by atoms with van der Waals surface area (Å²) < 4.78 is 5.14. The van der Waals surface area contributed by atoms with E-state index in [9.17, 15) is 9.59 Å². The number of aryl methyl sites for hydroxylation is 1. The molecule has 2 N–H and O–H groups in total. The highest BCUT2D eigenvalue weighted by molar-refractivity contribution is 7.99. The van der Waals surface area contributed by atoms with Crippen molar-refractivity contribution in [2.24, 2.45) is 0 Å². The van der Waals surface area contributed by atoms with E-state index >= 15 is 0 Å². The fourth-order valence-corrected chi connectivity index (χ4v) is 3.12. The molecule has 1 heterocycles. The predicted octanol–water partition coefficient (Wildman–Crippen LogP) is 3.48. The van der Waals surface area contributed by atoms with Crippen LogP contribution < -0.4 is 15.6 Å².